The predicted octanol–water partition coefficient (Wildman–Crippen LogP) is 4.30. The van der Waals surface area contributed by atoms with E-state index in [1.807, 2.05) is 18.2 Å². The number of nitro benzene ring substituents is 2. The first kappa shape index (κ1) is 12.5. The van der Waals surface area contributed by atoms with E-state index in [9.17, 15) is 20.2 Å². The molecule has 3 aromatic carbocycles. The van der Waals surface area contributed by atoms with Crippen LogP contribution >= 0.6 is 0 Å². The van der Waals surface area contributed by atoms with Crippen molar-refractivity contribution in [1.82, 2.24) is 0 Å². The van der Waals surface area contributed by atoms with Crippen molar-refractivity contribution in [2.75, 3.05) is 0 Å². The van der Waals surface area contributed by atoms with Crippen molar-refractivity contribution in [3.05, 3.63) is 68.8 Å². The third-order valence-electron chi connectivity index (χ3n) is 3.99. The summed E-state index contributed by atoms with van der Waals surface area (Å²) in [6, 6.07) is 13.2. The SMILES string of the molecule is O=[N+]([O-])c1ccc2c(c1)-c1cccc3ccc([N+](=O)[O-])c-2c13. The van der Waals surface area contributed by atoms with E-state index >= 15 is 0 Å². The molecule has 0 saturated heterocycles. The Morgan fingerprint density at radius 1 is 0.773 bits per heavy atom. The molecule has 106 valence electrons. The molecule has 22 heavy (non-hydrogen) atoms. The molecule has 0 amide bonds. The monoisotopic (exact) mass is 292 g/mol. The van der Waals surface area contributed by atoms with Gasteiger partial charge < -0.3 is 0 Å². The highest BCUT2D eigenvalue weighted by molar-refractivity contribution is 6.18. The molecule has 4 rings (SSSR count). The molecule has 0 radical (unpaired) electrons. The van der Waals surface area contributed by atoms with E-state index in [1.165, 1.54) is 18.2 Å². The number of fused-ring (bicyclic) bond motifs is 3. The zero-order chi connectivity index (χ0) is 15.4. The van der Waals surface area contributed by atoms with Gasteiger partial charge in [0.05, 0.1) is 15.4 Å². The van der Waals surface area contributed by atoms with Gasteiger partial charge in [0, 0.05) is 23.6 Å². The highest BCUT2D eigenvalue weighted by Crippen LogP contribution is 2.51. The molecule has 0 aliphatic heterocycles. The molecule has 0 fully saturated rings. The first-order chi connectivity index (χ1) is 10.6. The number of benzene rings is 3. The molecule has 1 aliphatic rings. The fourth-order valence-electron chi connectivity index (χ4n) is 3.10. The summed E-state index contributed by atoms with van der Waals surface area (Å²) in [5.74, 6) is 0. The van der Waals surface area contributed by atoms with Gasteiger partial charge in [-0.05, 0) is 34.2 Å². The van der Waals surface area contributed by atoms with Crippen LogP contribution in [0.2, 0.25) is 0 Å². The second-order valence-electron chi connectivity index (χ2n) is 5.11. The van der Waals surface area contributed by atoms with E-state index in [-0.39, 0.29) is 11.4 Å². The average molecular weight is 292 g/mol. The number of nitrogens with zero attached hydrogens (tertiary/aromatic N) is 2. The van der Waals surface area contributed by atoms with Gasteiger partial charge in [-0.15, -0.1) is 0 Å². The predicted molar refractivity (Wildman–Crippen MR) is 81.7 cm³/mol. The van der Waals surface area contributed by atoms with Crippen LogP contribution in [0.15, 0.2) is 48.5 Å². The van der Waals surface area contributed by atoms with Crippen LogP contribution in [0, 0.1) is 20.2 Å². The van der Waals surface area contributed by atoms with E-state index < -0.39 is 9.85 Å². The van der Waals surface area contributed by atoms with Gasteiger partial charge in [0.1, 0.15) is 0 Å². The Balaban J connectivity index is 2.17. The summed E-state index contributed by atoms with van der Waals surface area (Å²) < 4.78 is 0. The van der Waals surface area contributed by atoms with Gasteiger partial charge in [-0.1, -0.05) is 18.2 Å². The lowest BCUT2D eigenvalue weighted by Crippen LogP contribution is -1.91. The molecule has 1 aliphatic carbocycles. The molecule has 0 unspecified atom stereocenters. The van der Waals surface area contributed by atoms with Gasteiger partial charge in [-0.25, -0.2) is 0 Å². The van der Waals surface area contributed by atoms with Gasteiger partial charge in [0.25, 0.3) is 11.4 Å². The minimum Gasteiger partial charge on any atom is -0.258 e. The van der Waals surface area contributed by atoms with E-state index in [1.54, 1.807) is 12.1 Å². The summed E-state index contributed by atoms with van der Waals surface area (Å²) in [7, 11) is 0. The quantitative estimate of drug-likeness (QED) is 0.407. The van der Waals surface area contributed by atoms with Crippen molar-refractivity contribution < 1.29 is 9.85 Å². The number of nitro groups is 2. The number of rotatable bonds is 2. The average Bonchev–Trinajstić information content (AvgIpc) is 2.84. The van der Waals surface area contributed by atoms with Crippen molar-refractivity contribution >= 4 is 22.1 Å². The van der Waals surface area contributed by atoms with Crippen molar-refractivity contribution in [2.24, 2.45) is 0 Å². The fourth-order valence-corrected chi connectivity index (χ4v) is 3.10. The van der Waals surface area contributed by atoms with Gasteiger partial charge in [-0.2, -0.15) is 0 Å². The van der Waals surface area contributed by atoms with E-state index in [0.717, 1.165) is 16.3 Å². The largest absolute Gasteiger partial charge is 0.277 e. The first-order valence-corrected chi connectivity index (χ1v) is 6.57. The van der Waals surface area contributed by atoms with Crippen LogP contribution < -0.4 is 0 Å². The number of non-ortho nitro benzene ring substituents is 1. The maximum absolute atomic E-state index is 11.3. The highest BCUT2D eigenvalue weighted by Gasteiger charge is 2.29. The Bertz CT molecular complexity index is 995. The fraction of sp³-hybridized carbons (Fsp3) is 0. The van der Waals surface area contributed by atoms with Crippen molar-refractivity contribution in [2.45, 2.75) is 0 Å². The van der Waals surface area contributed by atoms with Gasteiger partial charge in [0.15, 0.2) is 0 Å². The first-order valence-electron chi connectivity index (χ1n) is 6.57. The molecule has 6 nitrogen and oxygen atoms in total. The molecule has 0 aromatic heterocycles. The third kappa shape index (κ3) is 1.49. The van der Waals surface area contributed by atoms with Crippen molar-refractivity contribution in [3.8, 4) is 22.3 Å². The molecule has 0 N–H and O–H groups in total. The summed E-state index contributed by atoms with van der Waals surface area (Å²) in [5.41, 5.74) is 2.69. The Hall–Kier alpha value is -3.28. The van der Waals surface area contributed by atoms with Gasteiger partial charge in [0.2, 0.25) is 0 Å². The maximum Gasteiger partial charge on any atom is 0.277 e. The Labute approximate surface area is 123 Å². The summed E-state index contributed by atoms with van der Waals surface area (Å²) in [6.45, 7) is 0. The Morgan fingerprint density at radius 2 is 1.59 bits per heavy atom. The molecular formula is C16H8N2O4. The second-order valence-corrected chi connectivity index (χ2v) is 5.11. The Morgan fingerprint density at radius 3 is 2.32 bits per heavy atom. The molecule has 0 spiro atoms. The topological polar surface area (TPSA) is 86.3 Å². The molecule has 6 heteroatoms. The van der Waals surface area contributed by atoms with Crippen LogP contribution in [0.5, 0.6) is 0 Å². The molecular weight excluding hydrogens is 284 g/mol. The standard InChI is InChI=1S/C16H8N2O4/c19-17(20)10-5-6-12-13(8-10)11-3-1-2-9-4-7-14(18(21)22)16(12)15(9)11/h1-8H. The van der Waals surface area contributed by atoms with Crippen molar-refractivity contribution in [3.63, 3.8) is 0 Å². The zero-order valence-electron chi connectivity index (χ0n) is 11.1. The van der Waals surface area contributed by atoms with E-state index in [0.29, 0.717) is 16.7 Å². The summed E-state index contributed by atoms with van der Waals surface area (Å²) in [4.78, 5) is 21.4. The van der Waals surface area contributed by atoms with Crippen LogP contribution in [0.3, 0.4) is 0 Å². The van der Waals surface area contributed by atoms with Crippen LogP contribution in [0.1, 0.15) is 0 Å². The number of hydrogen-bond acceptors (Lipinski definition) is 4. The Kier molecular flexibility index (Phi) is 2.33. The highest BCUT2D eigenvalue weighted by atomic mass is 16.6. The normalized spacial score (nSPS) is 11.5. The van der Waals surface area contributed by atoms with Crippen LogP contribution in [0.4, 0.5) is 11.4 Å². The van der Waals surface area contributed by atoms with E-state index in [4.69, 9.17) is 0 Å². The molecule has 0 atom stereocenters. The van der Waals surface area contributed by atoms with Crippen LogP contribution in [-0.4, -0.2) is 9.85 Å². The van der Waals surface area contributed by atoms with Gasteiger partial charge in [-0.3, -0.25) is 20.2 Å². The third-order valence-corrected chi connectivity index (χ3v) is 3.99. The summed E-state index contributed by atoms with van der Waals surface area (Å²) in [6.07, 6.45) is 0. The lowest BCUT2D eigenvalue weighted by atomic mass is 10.0. The molecule has 0 heterocycles. The molecule has 0 saturated carbocycles. The lowest BCUT2D eigenvalue weighted by Gasteiger charge is -2.03. The van der Waals surface area contributed by atoms with Gasteiger partial charge >= 0.3 is 0 Å². The minimum absolute atomic E-state index is 0.0209. The summed E-state index contributed by atoms with van der Waals surface area (Å²) >= 11 is 0. The molecule has 0 bridgehead atoms. The zero-order valence-corrected chi connectivity index (χ0v) is 11.1. The number of hydrogen-bond donors (Lipinski definition) is 0. The van der Waals surface area contributed by atoms with Crippen LogP contribution in [0.25, 0.3) is 33.0 Å². The van der Waals surface area contributed by atoms with E-state index in [2.05, 4.69) is 0 Å². The molecule has 3 aromatic rings. The van der Waals surface area contributed by atoms with Crippen LogP contribution in [-0.2, 0) is 0 Å². The maximum atomic E-state index is 11.3. The van der Waals surface area contributed by atoms with Crippen molar-refractivity contribution in [1.29, 1.82) is 0 Å². The minimum atomic E-state index is -0.460. The smallest absolute Gasteiger partial charge is 0.258 e. The second kappa shape index (κ2) is 4.11. The lowest BCUT2D eigenvalue weighted by molar-refractivity contribution is -0.384. The summed E-state index contributed by atoms with van der Waals surface area (Å²) in [5, 5.41) is 24.0.